The van der Waals surface area contributed by atoms with Gasteiger partial charge < -0.3 is 24.3 Å². The molecule has 0 aromatic heterocycles. The molecule has 1 saturated heterocycles. The summed E-state index contributed by atoms with van der Waals surface area (Å²) in [6, 6.07) is 16.6. The van der Waals surface area contributed by atoms with Gasteiger partial charge in [0.25, 0.3) is 5.91 Å². The number of likely N-dealkylation sites (N-methyl/N-ethyl adjacent to an activating group) is 1. The summed E-state index contributed by atoms with van der Waals surface area (Å²) in [5.74, 6) is 1.14. The van der Waals surface area contributed by atoms with Crippen molar-refractivity contribution in [3.63, 3.8) is 0 Å². The van der Waals surface area contributed by atoms with Crippen LogP contribution in [0.3, 0.4) is 0 Å². The number of nitrogens with zero attached hydrogens (tertiary/aromatic N) is 3. The van der Waals surface area contributed by atoms with Crippen molar-refractivity contribution in [1.29, 1.82) is 0 Å². The van der Waals surface area contributed by atoms with Gasteiger partial charge in [0.05, 0.1) is 38.5 Å². The first-order chi connectivity index (χ1) is 14.5. The predicted molar refractivity (Wildman–Crippen MR) is 123 cm³/mol. The molecule has 0 spiro atoms. The van der Waals surface area contributed by atoms with Crippen LogP contribution >= 0.6 is 0 Å². The maximum absolute atomic E-state index is 12.7. The van der Waals surface area contributed by atoms with Crippen molar-refractivity contribution in [3.8, 4) is 5.75 Å². The number of benzene rings is 2. The largest absolute Gasteiger partial charge is 0.492 e. The van der Waals surface area contributed by atoms with Gasteiger partial charge in [-0.15, -0.1) is 0 Å². The molecule has 1 amide bonds. The maximum atomic E-state index is 12.7. The summed E-state index contributed by atoms with van der Waals surface area (Å²) in [5.41, 5.74) is 3.48. The second-order valence-electron chi connectivity index (χ2n) is 8.13. The van der Waals surface area contributed by atoms with E-state index in [0.717, 1.165) is 43.2 Å². The molecule has 1 aliphatic rings. The monoisotopic (exact) mass is 411 g/mol. The summed E-state index contributed by atoms with van der Waals surface area (Å²) in [6.45, 7) is 7.65. The Labute approximate surface area is 180 Å². The molecule has 0 aliphatic carbocycles. The molecule has 3 rings (SSSR count). The molecule has 6 heteroatoms. The number of ether oxygens (including phenoxy) is 1. The Morgan fingerprint density at radius 3 is 2.33 bits per heavy atom. The summed E-state index contributed by atoms with van der Waals surface area (Å²) in [4.78, 5) is 20.4. The molecule has 0 radical (unpaired) electrons. The first-order valence-electron chi connectivity index (χ1n) is 10.8. The predicted octanol–water partition coefficient (Wildman–Crippen LogP) is 1.51. The molecule has 162 valence electrons. The molecule has 0 saturated carbocycles. The number of hydrogen-bond donors (Lipinski definition) is 1. The number of quaternary nitrogens is 1. The highest BCUT2D eigenvalue weighted by molar-refractivity contribution is 5.76. The lowest BCUT2D eigenvalue weighted by atomic mass is 10.2. The van der Waals surface area contributed by atoms with Gasteiger partial charge in [-0.1, -0.05) is 24.3 Å². The average molecular weight is 412 g/mol. The van der Waals surface area contributed by atoms with Gasteiger partial charge in [0, 0.05) is 33.4 Å². The van der Waals surface area contributed by atoms with Crippen molar-refractivity contribution in [2.75, 3.05) is 70.3 Å². The van der Waals surface area contributed by atoms with Crippen LogP contribution in [0.15, 0.2) is 48.5 Å². The molecule has 30 heavy (non-hydrogen) atoms. The molecule has 1 fully saturated rings. The zero-order chi connectivity index (χ0) is 21.5. The highest BCUT2D eigenvalue weighted by atomic mass is 16.5. The van der Waals surface area contributed by atoms with Crippen LogP contribution in [-0.2, 0) is 11.3 Å². The summed E-state index contributed by atoms with van der Waals surface area (Å²) < 4.78 is 5.78. The fourth-order valence-corrected chi connectivity index (χ4v) is 3.85. The van der Waals surface area contributed by atoms with Gasteiger partial charge >= 0.3 is 0 Å². The Morgan fingerprint density at radius 2 is 1.70 bits per heavy atom. The first-order valence-corrected chi connectivity index (χ1v) is 10.8. The zero-order valence-corrected chi connectivity index (χ0v) is 18.7. The Balaban J connectivity index is 1.49. The van der Waals surface area contributed by atoms with Crippen molar-refractivity contribution in [2.24, 2.45) is 0 Å². The minimum Gasteiger partial charge on any atom is -0.492 e. The van der Waals surface area contributed by atoms with Crippen molar-refractivity contribution in [3.05, 3.63) is 54.1 Å². The third kappa shape index (κ3) is 5.66. The number of carbonyl (C=O) groups is 1. The molecular weight excluding hydrogens is 376 g/mol. The SMILES string of the molecule is CCOc1ccccc1N1CC[NH+](CC(=O)N(C)Cc2ccc(N(C)C)cc2)CC1. The van der Waals surface area contributed by atoms with E-state index in [1.165, 1.54) is 10.6 Å². The Hall–Kier alpha value is -2.73. The fourth-order valence-electron chi connectivity index (χ4n) is 3.85. The lowest BCUT2D eigenvalue weighted by Crippen LogP contribution is -3.15. The van der Waals surface area contributed by atoms with E-state index in [2.05, 4.69) is 46.2 Å². The Morgan fingerprint density at radius 1 is 1.03 bits per heavy atom. The minimum atomic E-state index is 0.199. The summed E-state index contributed by atoms with van der Waals surface area (Å²) in [6.07, 6.45) is 0. The van der Waals surface area contributed by atoms with Crippen LogP contribution in [-0.4, -0.2) is 71.3 Å². The molecule has 1 aliphatic heterocycles. The fraction of sp³-hybridized carbons (Fsp3) is 0.458. The molecule has 1 heterocycles. The van der Waals surface area contributed by atoms with Crippen LogP contribution in [0.1, 0.15) is 12.5 Å². The summed E-state index contributed by atoms with van der Waals surface area (Å²) in [5, 5.41) is 0. The van der Waals surface area contributed by atoms with E-state index in [9.17, 15) is 4.79 Å². The van der Waals surface area contributed by atoms with E-state index < -0.39 is 0 Å². The number of rotatable bonds is 8. The van der Waals surface area contributed by atoms with Gasteiger partial charge in [0.1, 0.15) is 5.75 Å². The van der Waals surface area contributed by atoms with Gasteiger partial charge in [-0.2, -0.15) is 0 Å². The van der Waals surface area contributed by atoms with Crippen LogP contribution in [0.25, 0.3) is 0 Å². The third-order valence-corrected chi connectivity index (χ3v) is 5.68. The van der Waals surface area contributed by atoms with E-state index in [0.29, 0.717) is 19.7 Å². The Kier molecular flexibility index (Phi) is 7.57. The summed E-state index contributed by atoms with van der Waals surface area (Å²) in [7, 11) is 5.96. The standard InChI is InChI=1S/C24H34N4O2/c1-5-30-23-9-7-6-8-22(23)28-16-14-27(15-17-28)19-24(29)26(4)18-20-10-12-21(13-11-20)25(2)3/h6-13H,5,14-19H2,1-4H3/p+1. The van der Waals surface area contributed by atoms with Crippen LogP contribution in [0.4, 0.5) is 11.4 Å². The van der Waals surface area contributed by atoms with Gasteiger partial charge in [-0.05, 0) is 36.8 Å². The van der Waals surface area contributed by atoms with Crippen molar-refractivity contribution < 1.29 is 14.4 Å². The number of anilines is 2. The van der Waals surface area contributed by atoms with Gasteiger partial charge in [0.2, 0.25) is 0 Å². The third-order valence-electron chi connectivity index (χ3n) is 5.68. The number of nitrogens with one attached hydrogen (secondary N) is 1. The number of piperazine rings is 1. The molecule has 0 unspecified atom stereocenters. The van der Waals surface area contributed by atoms with Crippen molar-refractivity contribution in [2.45, 2.75) is 13.5 Å². The molecule has 2 aromatic rings. The lowest BCUT2D eigenvalue weighted by molar-refractivity contribution is -0.892. The maximum Gasteiger partial charge on any atom is 0.277 e. The smallest absolute Gasteiger partial charge is 0.277 e. The average Bonchev–Trinajstić information content (AvgIpc) is 2.75. The second kappa shape index (κ2) is 10.3. The van der Waals surface area contributed by atoms with Crippen molar-refractivity contribution >= 4 is 17.3 Å². The van der Waals surface area contributed by atoms with E-state index in [1.54, 1.807) is 0 Å². The van der Waals surface area contributed by atoms with Gasteiger partial charge in [-0.25, -0.2) is 0 Å². The summed E-state index contributed by atoms with van der Waals surface area (Å²) >= 11 is 0. The Bertz CT molecular complexity index is 814. The first kappa shape index (κ1) is 22.0. The van der Waals surface area contributed by atoms with E-state index in [-0.39, 0.29) is 5.91 Å². The molecule has 2 aromatic carbocycles. The molecule has 0 atom stereocenters. The molecule has 0 bridgehead atoms. The van der Waals surface area contributed by atoms with Gasteiger partial charge in [-0.3, -0.25) is 4.79 Å². The van der Waals surface area contributed by atoms with Crippen LogP contribution < -0.4 is 19.4 Å². The van der Waals surface area contributed by atoms with Crippen LogP contribution in [0.2, 0.25) is 0 Å². The zero-order valence-electron chi connectivity index (χ0n) is 18.7. The lowest BCUT2D eigenvalue weighted by Gasteiger charge is -2.34. The topological polar surface area (TPSA) is 40.5 Å². The van der Waals surface area contributed by atoms with Crippen LogP contribution in [0, 0.1) is 0 Å². The highest BCUT2D eigenvalue weighted by Crippen LogP contribution is 2.27. The number of amides is 1. The number of carbonyl (C=O) groups excluding carboxylic acids is 1. The second-order valence-corrected chi connectivity index (χ2v) is 8.13. The van der Waals surface area contributed by atoms with E-state index in [1.807, 2.05) is 45.1 Å². The van der Waals surface area contributed by atoms with Gasteiger partial charge in [0.15, 0.2) is 6.54 Å². The highest BCUT2D eigenvalue weighted by Gasteiger charge is 2.25. The molecule has 1 N–H and O–H groups in total. The molecular formula is C24H35N4O2+. The normalized spacial score (nSPS) is 14.5. The van der Waals surface area contributed by atoms with Crippen molar-refractivity contribution in [1.82, 2.24) is 4.90 Å². The number of hydrogen-bond acceptors (Lipinski definition) is 4. The quantitative estimate of drug-likeness (QED) is 0.715. The van der Waals surface area contributed by atoms with Crippen LogP contribution in [0.5, 0.6) is 5.75 Å². The van der Waals surface area contributed by atoms with E-state index in [4.69, 9.17) is 4.74 Å². The minimum absolute atomic E-state index is 0.199. The molecule has 6 nitrogen and oxygen atoms in total. The van der Waals surface area contributed by atoms with E-state index >= 15 is 0 Å². The number of para-hydroxylation sites is 2.